The van der Waals surface area contributed by atoms with Gasteiger partial charge < -0.3 is 21.1 Å². The molecule has 0 aliphatic carbocycles. The molecule has 0 aromatic heterocycles. The van der Waals surface area contributed by atoms with E-state index in [4.69, 9.17) is 5.11 Å². The predicted octanol–water partition coefficient (Wildman–Crippen LogP) is 2.52. The van der Waals surface area contributed by atoms with Crippen molar-refractivity contribution in [2.24, 2.45) is 4.99 Å². The molecule has 4 N–H and O–H groups in total. The maximum absolute atomic E-state index is 12.5. The Kier molecular flexibility index (Phi) is 7.00. The molecule has 2 aromatic rings. The van der Waals surface area contributed by atoms with Crippen LogP contribution in [0.1, 0.15) is 27.9 Å². The van der Waals surface area contributed by atoms with Crippen LogP contribution in [0.25, 0.3) is 6.08 Å². The Balaban J connectivity index is 1.53. The zero-order chi connectivity index (χ0) is 20.5. The van der Waals surface area contributed by atoms with E-state index in [2.05, 4.69) is 20.9 Å². The van der Waals surface area contributed by atoms with Gasteiger partial charge >= 0.3 is 5.97 Å². The molecule has 0 unspecified atom stereocenters. The Labute approximate surface area is 169 Å². The summed E-state index contributed by atoms with van der Waals surface area (Å²) < 4.78 is 0. The van der Waals surface area contributed by atoms with Gasteiger partial charge in [0.05, 0.1) is 0 Å². The fourth-order valence-electron chi connectivity index (χ4n) is 2.93. The monoisotopic (exact) mass is 392 g/mol. The SMILES string of the molecule is O=C(O)C=Cc1cccc(CCNC(=O)c2cccc(NC3=NCCCN3)c2)c1. The average Bonchev–Trinajstić information content (AvgIpc) is 2.73. The summed E-state index contributed by atoms with van der Waals surface area (Å²) in [4.78, 5) is 27.5. The van der Waals surface area contributed by atoms with Gasteiger partial charge in [-0.3, -0.25) is 9.79 Å². The normalized spacial score (nSPS) is 13.4. The van der Waals surface area contributed by atoms with Crippen LogP contribution in [0.5, 0.6) is 0 Å². The van der Waals surface area contributed by atoms with Crippen molar-refractivity contribution in [2.45, 2.75) is 12.8 Å². The van der Waals surface area contributed by atoms with Gasteiger partial charge in [0.2, 0.25) is 0 Å². The number of aliphatic imine (C=N–C) groups is 1. The second-order valence-electron chi connectivity index (χ2n) is 6.64. The van der Waals surface area contributed by atoms with Crippen LogP contribution in [0.4, 0.5) is 5.69 Å². The minimum absolute atomic E-state index is 0.144. The molecule has 29 heavy (non-hydrogen) atoms. The number of carbonyl (C=O) groups is 2. The maximum atomic E-state index is 12.5. The van der Waals surface area contributed by atoms with E-state index in [0.29, 0.717) is 18.5 Å². The van der Waals surface area contributed by atoms with Gasteiger partial charge in [0.25, 0.3) is 5.91 Å². The summed E-state index contributed by atoms with van der Waals surface area (Å²) in [6, 6.07) is 14.9. The Morgan fingerprint density at radius 1 is 1.17 bits per heavy atom. The average molecular weight is 392 g/mol. The molecule has 1 aliphatic rings. The van der Waals surface area contributed by atoms with Crippen LogP contribution < -0.4 is 16.0 Å². The van der Waals surface area contributed by atoms with Crippen molar-refractivity contribution >= 4 is 29.6 Å². The predicted molar refractivity (Wildman–Crippen MR) is 114 cm³/mol. The molecule has 0 bridgehead atoms. The molecule has 0 spiro atoms. The van der Waals surface area contributed by atoms with E-state index in [1.165, 1.54) is 0 Å². The number of benzene rings is 2. The zero-order valence-electron chi connectivity index (χ0n) is 16.0. The lowest BCUT2D eigenvalue weighted by molar-refractivity contribution is -0.131. The van der Waals surface area contributed by atoms with Crippen molar-refractivity contribution in [3.63, 3.8) is 0 Å². The van der Waals surface area contributed by atoms with Crippen molar-refractivity contribution < 1.29 is 14.7 Å². The number of carbonyl (C=O) groups excluding carboxylic acids is 1. The number of nitrogens with one attached hydrogen (secondary N) is 3. The molecule has 0 atom stereocenters. The molecule has 1 amide bonds. The van der Waals surface area contributed by atoms with E-state index < -0.39 is 5.97 Å². The van der Waals surface area contributed by atoms with E-state index in [0.717, 1.165) is 48.4 Å². The van der Waals surface area contributed by atoms with Crippen LogP contribution in [0.2, 0.25) is 0 Å². The fourth-order valence-corrected chi connectivity index (χ4v) is 2.93. The Morgan fingerprint density at radius 2 is 2.03 bits per heavy atom. The topological polar surface area (TPSA) is 103 Å². The van der Waals surface area contributed by atoms with E-state index in [9.17, 15) is 9.59 Å². The molecule has 0 radical (unpaired) electrons. The van der Waals surface area contributed by atoms with Crippen molar-refractivity contribution in [3.05, 3.63) is 71.3 Å². The lowest BCUT2D eigenvalue weighted by Gasteiger charge is -2.16. The number of nitrogens with zero attached hydrogens (tertiary/aromatic N) is 1. The number of carboxylic acid groups (broad SMARTS) is 1. The summed E-state index contributed by atoms with van der Waals surface area (Å²) in [5.74, 6) is -0.398. The summed E-state index contributed by atoms with van der Waals surface area (Å²) in [7, 11) is 0. The van der Waals surface area contributed by atoms with Gasteiger partial charge in [-0.15, -0.1) is 0 Å². The molecular weight excluding hydrogens is 368 g/mol. The highest BCUT2D eigenvalue weighted by atomic mass is 16.4. The second kappa shape index (κ2) is 10.1. The number of amides is 1. The molecule has 7 heteroatoms. The molecule has 0 fully saturated rings. The first-order valence-corrected chi connectivity index (χ1v) is 9.54. The van der Waals surface area contributed by atoms with E-state index in [1.807, 2.05) is 36.4 Å². The van der Waals surface area contributed by atoms with Gasteiger partial charge in [0.15, 0.2) is 5.96 Å². The Bertz CT molecular complexity index is 937. The van der Waals surface area contributed by atoms with Crippen molar-refractivity contribution in [2.75, 3.05) is 25.0 Å². The highest BCUT2D eigenvalue weighted by Crippen LogP contribution is 2.12. The third-order valence-corrected chi connectivity index (χ3v) is 4.35. The van der Waals surface area contributed by atoms with E-state index >= 15 is 0 Å². The Morgan fingerprint density at radius 3 is 2.83 bits per heavy atom. The van der Waals surface area contributed by atoms with Gasteiger partial charge in [0, 0.05) is 37.0 Å². The first-order valence-electron chi connectivity index (χ1n) is 9.54. The van der Waals surface area contributed by atoms with Crippen LogP contribution >= 0.6 is 0 Å². The molecule has 0 saturated carbocycles. The van der Waals surface area contributed by atoms with Gasteiger partial charge in [-0.2, -0.15) is 0 Å². The molecule has 7 nitrogen and oxygen atoms in total. The number of carboxylic acids is 1. The summed E-state index contributed by atoms with van der Waals surface area (Å²) in [6.45, 7) is 2.17. The maximum Gasteiger partial charge on any atom is 0.328 e. The van der Waals surface area contributed by atoms with Gasteiger partial charge in [-0.1, -0.05) is 30.3 Å². The largest absolute Gasteiger partial charge is 0.478 e. The van der Waals surface area contributed by atoms with Crippen LogP contribution in [-0.2, 0) is 11.2 Å². The standard InChI is InChI=1S/C22H24N4O3/c27-20(28)9-8-16-4-1-5-17(14-16)10-13-23-21(29)18-6-2-7-19(15-18)26-22-24-11-3-12-25-22/h1-2,4-9,14-15H,3,10-13H2,(H,23,29)(H,27,28)(H2,24,25,26). The Hall–Kier alpha value is -3.61. The summed E-state index contributed by atoms with van der Waals surface area (Å²) >= 11 is 0. The van der Waals surface area contributed by atoms with Gasteiger partial charge in [-0.05, 0) is 48.2 Å². The molecule has 0 saturated heterocycles. The molecule has 2 aromatic carbocycles. The molecule has 150 valence electrons. The van der Waals surface area contributed by atoms with Crippen LogP contribution in [0.15, 0.2) is 59.6 Å². The third kappa shape index (κ3) is 6.49. The summed E-state index contributed by atoms with van der Waals surface area (Å²) in [5, 5.41) is 18.0. The number of anilines is 1. The number of hydrogen-bond donors (Lipinski definition) is 4. The smallest absolute Gasteiger partial charge is 0.328 e. The number of aliphatic carboxylic acids is 1. The molecular formula is C22H24N4O3. The first-order chi connectivity index (χ1) is 14.1. The summed E-state index contributed by atoms with van der Waals surface area (Å²) in [5.41, 5.74) is 3.22. The minimum Gasteiger partial charge on any atom is -0.478 e. The highest BCUT2D eigenvalue weighted by molar-refractivity contribution is 5.98. The number of guanidine groups is 1. The molecule has 1 aliphatic heterocycles. The van der Waals surface area contributed by atoms with E-state index in [1.54, 1.807) is 18.2 Å². The molecule has 1 heterocycles. The van der Waals surface area contributed by atoms with Crippen molar-refractivity contribution in [1.82, 2.24) is 10.6 Å². The highest BCUT2D eigenvalue weighted by Gasteiger charge is 2.08. The quantitative estimate of drug-likeness (QED) is 0.542. The second-order valence-corrected chi connectivity index (χ2v) is 6.64. The minimum atomic E-state index is -0.981. The van der Waals surface area contributed by atoms with Crippen molar-refractivity contribution in [1.29, 1.82) is 0 Å². The van der Waals surface area contributed by atoms with Gasteiger partial charge in [-0.25, -0.2) is 4.79 Å². The van der Waals surface area contributed by atoms with Crippen LogP contribution in [0.3, 0.4) is 0 Å². The lowest BCUT2D eigenvalue weighted by atomic mass is 10.1. The summed E-state index contributed by atoms with van der Waals surface area (Å²) in [6.07, 6.45) is 4.33. The van der Waals surface area contributed by atoms with Crippen molar-refractivity contribution in [3.8, 4) is 0 Å². The van der Waals surface area contributed by atoms with Crippen LogP contribution in [0, 0.1) is 0 Å². The first kappa shape index (κ1) is 20.1. The third-order valence-electron chi connectivity index (χ3n) is 4.35. The van der Waals surface area contributed by atoms with Crippen LogP contribution in [-0.4, -0.2) is 42.6 Å². The van der Waals surface area contributed by atoms with Gasteiger partial charge in [0.1, 0.15) is 0 Å². The number of rotatable bonds is 7. The zero-order valence-corrected chi connectivity index (χ0v) is 16.0. The van der Waals surface area contributed by atoms with E-state index in [-0.39, 0.29) is 5.91 Å². The lowest BCUT2D eigenvalue weighted by Crippen LogP contribution is -2.35. The number of hydrogen-bond acceptors (Lipinski definition) is 5. The molecule has 3 rings (SSSR count). The fraction of sp³-hybridized carbons (Fsp3) is 0.227.